The summed E-state index contributed by atoms with van der Waals surface area (Å²) in [4.78, 5) is 0. The van der Waals surface area contributed by atoms with E-state index in [9.17, 15) is 13.2 Å². The molecule has 0 aromatic carbocycles. The van der Waals surface area contributed by atoms with Crippen LogP contribution in [0, 0.1) is 5.92 Å². The third-order valence-electron chi connectivity index (χ3n) is 4.03. The van der Waals surface area contributed by atoms with Gasteiger partial charge in [0.1, 0.15) is 10.0 Å². The van der Waals surface area contributed by atoms with Crippen LogP contribution in [-0.4, -0.2) is 22.9 Å². The maximum absolute atomic E-state index is 13.2. The molecule has 3 nitrogen and oxygen atoms in total. The van der Waals surface area contributed by atoms with Gasteiger partial charge in [-0.05, 0) is 32.7 Å². The topological polar surface area (TPSA) is 37.8 Å². The van der Waals surface area contributed by atoms with Crippen molar-refractivity contribution in [1.82, 2.24) is 15.5 Å². The molecule has 2 rings (SSSR count). The second-order valence-corrected chi connectivity index (χ2v) is 6.73. The van der Waals surface area contributed by atoms with Crippen LogP contribution in [0.1, 0.15) is 67.9 Å². The van der Waals surface area contributed by atoms with Gasteiger partial charge in [0.2, 0.25) is 0 Å². The first-order valence-corrected chi connectivity index (χ1v) is 8.38. The van der Waals surface area contributed by atoms with Crippen LogP contribution < -0.4 is 5.32 Å². The van der Waals surface area contributed by atoms with Gasteiger partial charge in [-0.1, -0.05) is 31.1 Å². The number of halogens is 3. The molecule has 0 aliphatic heterocycles. The zero-order chi connectivity index (χ0) is 15.5. The fourth-order valence-electron chi connectivity index (χ4n) is 2.84. The molecule has 1 N–H and O–H groups in total. The SMILES string of the molecule is CCCNC(C)c1nnc(C2CCCCC2C(F)(F)F)s1. The zero-order valence-corrected chi connectivity index (χ0v) is 13.2. The Morgan fingerprint density at radius 3 is 2.67 bits per heavy atom. The number of alkyl halides is 3. The van der Waals surface area contributed by atoms with Crippen molar-refractivity contribution in [1.29, 1.82) is 0 Å². The van der Waals surface area contributed by atoms with Crippen molar-refractivity contribution >= 4 is 11.3 Å². The standard InChI is InChI=1S/C14H22F3N3S/c1-3-8-18-9(2)12-19-20-13(21-12)10-6-4-5-7-11(10)14(15,16)17/h9-11,18H,3-8H2,1-2H3. The molecule has 7 heteroatoms. The molecular weight excluding hydrogens is 299 g/mol. The van der Waals surface area contributed by atoms with Gasteiger partial charge in [-0.3, -0.25) is 0 Å². The van der Waals surface area contributed by atoms with E-state index in [-0.39, 0.29) is 12.5 Å². The third kappa shape index (κ3) is 4.16. The van der Waals surface area contributed by atoms with Gasteiger partial charge in [-0.2, -0.15) is 13.2 Å². The summed E-state index contributed by atoms with van der Waals surface area (Å²) in [6.07, 6.45) is -0.851. The van der Waals surface area contributed by atoms with Gasteiger partial charge >= 0.3 is 6.18 Å². The quantitative estimate of drug-likeness (QED) is 0.871. The molecular formula is C14H22F3N3S. The Labute approximate surface area is 127 Å². The van der Waals surface area contributed by atoms with Crippen LogP contribution in [0.4, 0.5) is 13.2 Å². The van der Waals surface area contributed by atoms with Gasteiger partial charge in [0, 0.05) is 5.92 Å². The lowest BCUT2D eigenvalue weighted by atomic mass is 9.79. The highest BCUT2D eigenvalue weighted by molar-refractivity contribution is 7.11. The van der Waals surface area contributed by atoms with E-state index in [1.165, 1.54) is 11.3 Å². The third-order valence-corrected chi connectivity index (χ3v) is 5.27. The van der Waals surface area contributed by atoms with E-state index in [1.807, 2.05) is 6.92 Å². The van der Waals surface area contributed by atoms with Gasteiger partial charge in [0.15, 0.2) is 0 Å². The van der Waals surface area contributed by atoms with Gasteiger partial charge in [0.25, 0.3) is 0 Å². The number of hydrogen-bond donors (Lipinski definition) is 1. The molecule has 21 heavy (non-hydrogen) atoms. The molecule has 1 heterocycles. The number of hydrogen-bond acceptors (Lipinski definition) is 4. The number of rotatable bonds is 5. The molecule has 1 aromatic rings. The van der Waals surface area contributed by atoms with Gasteiger partial charge in [-0.15, -0.1) is 10.2 Å². The Morgan fingerprint density at radius 1 is 1.29 bits per heavy atom. The molecule has 1 aliphatic rings. The summed E-state index contributed by atoms with van der Waals surface area (Å²) in [5.74, 6) is -1.77. The van der Waals surface area contributed by atoms with Crippen molar-refractivity contribution in [2.45, 2.75) is 64.1 Å². The van der Waals surface area contributed by atoms with Crippen LogP contribution >= 0.6 is 11.3 Å². The highest BCUT2D eigenvalue weighted by Gasteiger charge is 2.47. The molecule has 0 radical (unpaired) electrons. The van der Waals surface area contributed by atoms with Gasteiger partial charge < -0.3 is 5.32 Å². The second kappa shape index (κ2) is 7.05. The Kier molecular flexibility index (Phi) is 5.60. The van der Waals surface area contributed by atoms with E-state index < -0.39 is 18.0 Å². The molecule has 1 aromatic heterocycles. The molecule has 3 unspecified atom stereocenters. The predicted octanol–water partition coefficient (Wildman–Crippen LogP) is 4.43. The molecule has 120 valence electrons. The highest BCUT2D eigenvalue weighted by Crippen LogP contribution is 2.47. The molecule has 1 aliphatic carbocycles. The first-order valence-electron chi connectivity index (χ1n) is 7.56. The van der Waals surface area contributed by atoms with Crippen molar-refractivity contribution in [2.24, 2.45) is 5.92 Å². The van der Waals surface area contributed by atoms with Crippen LogP contribution in [0.2, 0.25) is 0 Å². The first-order chi connectivity index (χ1) is 9.93. The molecule has 1 fully saturated rings. The normalized spacial score (nSPS) is 25.0. The monoisotopic (exact) mass is 321 g/mol. The van der Waals surface area contributed by atoms with Gasteiger partial charge in [0.05, 0.1) is 12.0 Å². The first kappa shape index (κ1) is 16.7. The second-order valence-electron chi connectivity index (χ2n) is 5.69. The van der Waals surface area contributed by atoms with E-state index in [0.29, 0.717) is 17.8 Å². The van der Waals surface area contributed by atoms with E-state index in [2.05, 4.69) is 22.4 Å². The van der Waals surface area contributed by atoms with E-state index in [0.717, 1.165) is 24.4 Å². The average Bonchev–Trinajstić information content (AvgIpc) is 2.93. The lowest BCUT2D eigenvalue weighted by molar-refractivity contribution is -0.187. The minimum absolute atomic E-state index is 0.0455. The molecule has 0 spiro atoms. The zero-order valence-electron chi connectivity index (χ0n) is 12.4. The van der Waals surface area contributed by atoms with Crippen molar-refractivity contribution < 1.29 is 13.2 Å². The number of nitrogens with one attached hydrogen (secondary N) is 1. The molecule has 0 saturated heterocycles. The molecule has 3 atom stereocenters. The van der Waals surface area contributed by atoms with Crippen LogP contribution in [0.15, 0.2) is 0 Å². The van der Waals surface area contributed by atoms with Crippen LogP contribution in [0.25, 0.3) is 0 Å². The summed E-state index contributed by atoms with van der Waals surface area (Å²) in [7, 11) is 0. The lowest BCUT2D eigenvalue weighted by Gasteiger charge is -2.31. The fourth-order valence-corrected chi connectivity index (χ4v) is 3.91. The number of aromatic nitrogens is 2. The lowest BCUT2D eigenvalue weighted by Crippen LogP contribution is -2.31. The van der Waals surface area contributed by atoms with Crippen molar-refractivity contribution in [3.05, 3.63) is 10.0 Å². The Bertz CT molecular complexity index is 447. The summed E-state index contributed by atoms with van der Waals surface area (Å²) in [6, 6.07) is 0.0455. The Morgan fingerprint density at radius 2 is 2.00 bits per heavy atom. The average molecular weight is 321 g/mol. The smallest absolute Gasteiger partial charge is 0.308 e. The maximum atomic E-state index is 13.2. The maximum Gasteiger partial charge on any atom is 0.392 e. The minimum Gasteiger partial charge on any atom is -0.308 e. The predicted molar refractivity (Wildman–Crippen MR) is 77.4 cm³/mol. The minimum atomic E-state index is -4.14. The van der Waals surface area contributed by atoms with Crippen molar-refractivity contribution in [3.63, 3.8) is 0 Å². The summed E-state index contributed by atoms with van der Waals surface area (Å²) in [5, 5.41) is 12.8. The van der Waals surface area contributed by atoms with E-state index in [1.54, 1.807) is 0 Å². The molecule has 1 saturated carbocycles. The number of nitrogens with zero attached hydrogens (tertiary/aromatic N) is 2. The summed E-state index contributed by atoms with van der Waals surface area (Å²) in [6.45, 7) is 4.91. The van der Waals surface area contributed by atoms with Crippen LogP contribution in [-0.2, 0) is 0 Å². The Hall–Kier alpha value is -0.690. The van der Waals surface area contributed by atoms with Crippen LogP contribution in [0.3, 0.4) is 0 Å². The van der Waals surface area contributed by atoms with E-state index in [4.69, 9.17) is 0 Å². The highest BCUT2D eigenvalue weighted by atomic mass is 32.1. The summed E-state index contributed by atoms with van der Waals surface area (Å²) in [5.41, 5.74) is 0. The Balaban J connectivity index is 2.11. The van der Waals surface area contributed by atoms with Gasteiger partial charge in [-0.25, -0.2) is 0 Å². The van der Waals surface area contributed by atoms with E-state index >= 15 is 0 Å². The van der Waals surface area contributed by atoms with Crippen LogP contribution in [0.5, 0.6) is 0 Å². The van der Waals surface area contributed by atoms with Crippen molar-refractivity contribution in [3.8, 4) is 0 Å². The van der Waals surface area contributed by atoms with Crippen molar-refractivity contribution in [2.75, 3.05) is 6.54 Å². The largest absolute Gasteiger partial charge is 0.392 e. The molecule has 0 amide bonds. The fraction of sp³-hybridized carbons (Fsp3) is 0.857. The molecule has 0 bridgehead atoms. The summed E-state index contributed by atoms with van der Waals surface area (Å²) < 4.78 is 39.5. The summed E-state index contributed by atoms with van der Waals surface area (Å²) >= 11 is 1.33.